The highest BCUT2D eigenvalue weighted by Crippen LogP contribution is 2.22. The predicted octanol–water partition coefficient (Wildman–Crippen LogP) is 0.817. The first-order chi connectivity index (χ1) is 7.65. The Kier molecular flexibility index (Phi) is 3.19. The highest BCUT2D eigenvalue weighted by atomic mass is 16.4. The van der Waals surface area contributed by atoms with Crippen molar-refractivity contribution in [3.05, 3.63) is 11.8 Å². The molecule has 1 aromatic rings. The Morgan fingerprint density at radius 2 is 2.44 bits per heavy atom. The van der Waals surface area contributed by atoms with Gasteiger partial charge < -0.3 is 9.52 Å². The fourth-order valence-electron chi connectivity index (χ4n) is 2.11. The van der Waals surface area contributed by atoms with Gasteiger partial charge in [0, 0.05) is 13.0 Å². The molecule has 0 radical (unpaired) electrons. The van der Waals surface area contributed by atoms with Crippen LogP contribution >= 0.6 is 0 Å². The maximum absolute atomic E-state index is 10.7. The molecular weight excluding hydrogens is 210 g/mol. The number of aliphatic carboxylic acids is 1. The van der Waals surface area contributed by atoms with Gasteiger partial charge in [0.1, 0.15) is 0 Å². The largest absolute Gasteiger partial charge is 0.481 e. The third kappa shape index (κ3) is 2.57. The van der Waals surface area contributed by atoms with E-state index >= 15 is 0 Å². The number of aromatic nitrogens is 2. The molecule has 16 heavy (non-hydrogen) atoms. The van der Waals surface area contributed by atoms with Crippen LogP contribution in [0.5, 0.6) is 0 Å². The molecule has 1 N–H and O–H groups in total. The molecule has 1 aliphatic rings. The zero-order chi connectivity index (χ0) is 11.5. The van der Waals surface area contributed by atoms with E-state index in [0.717, 1.165) is 19.4 Å². The van der Waals surface area contributed by atoms with Gasteiger partial charge in [0.05, 0.1) is 13.0 Å². The molecule has 1 unspecified atom stereocenters. The fraction of sp³-hybridized carbons (Fsp3) is 0.700. The highest BCUT2D eigenvalue weighted by Gasteiger charge is 2.27. The van der Waals surface area contributed by atoms with Crippen LogP contribution in [-0.4, -0.2) is 38.8 Å². The van der Waals surface area contributed by atoms with Crippen molar-refractivity contribution >= 4 is 5.97 Å². The third-order valence-electron chi connectivity index (χ3n) is 2.82. The van der Waals surface area contributed by atoms with Crippen molar-refractivity contribution in [2.75, 3.05) is 6.54 Å². The first-order valence-electron chi connectivity index (χ1n) is 5.40. The summed E-state index contributed by atoms with van der Waals surface area (Å²) in [5.74, 6) is 0.359. The van der Waals surface area contributed by atoms with E-state index < -0.39 is 5.97 Å². The minimum absolute atomic E-state index is 0.102. The van der Waals surface area contributed by atoms with Gasteiger partial charge in [0.25, 0.3) is 0 Å². The van der Waals surface area contributed by atoms with Crippen LogP contribution in [0.2, 0.25) is 0 Å². The van der Waals surface area contributed by atoms with E-state index in [0.29, 0.717) is 18.3 Å². The molecule has 6 heteroatoms. The van der Waals surface area contributed by atoms with E-state index in [9.17, 15) is 4.79 Å². The van der Waals surface area contributed by atoms with Crippen LogP contribution in [-0.2, 0) is 11.3 Å². The SMILES string of the molecule is Cc1nnc(CN2CCCC2CC(=O)O)o1. The number of carboxylic acid groups (broad SMARTS) is 1. The summed E-state index contributed by atoms with van der Waals surface area (Å²) in [5, 5.41) is 16.5. The van der Waals surface area contributed by atoms with Crippen molar-refractivity contribution in [3.63, 3.8) is 0 Å². The van der Waals surface area contributed by atoms with E-state index in [2.05, 4.69) is 15.1 Å². The minimum Gasteiger partial charge on any atom is -0.481 e. The Balaban J connectivity index is 1.95. The molecule has 2 heterocycles. The summed E-state index contributed by atoms with van der Waals surface area (Å²) in [5.41, 5.74) is 0. The van der Waals surface area contributed by atoms with Gasteiger partial charge in [-0.1, -0.05) is 0 Å². The average Bonchev–Trinajstić information content (AvgIpc) is 2.77. The van der Waals surface area contributed by atoms with Crippen LogP contribution < -0.4 is 0 Å². The van der Waals surface area contributed by atoms with Gasteiger partial charge >= 0.3 is 5.97 Å². The number of hydrogen-bond acceptors (Lipinski definition) is 5. The lowest BCUT2D eigenvalue weighted by Crippen LogP contribution is -2.30. The van der Waals surface area contributed by atoms with Crippen LogP contribution in [0.3, 0.4) is 0 Å². The Morgan fingerprint density at radius 1 is 1.62 bits per heavy atom. The van der Waals surface area contributed by atoms with E-state index in [1.807, 2.05) is 0 Å². The summed E-state index contributed by atoms with van der Waals surface area (Å²) < 4.78 is 5.29. The summed E-state index contributed by atoms with van der Waals surface area (Å²) in [6.07, 6.45) is 2.15. The minimum atomic E-state index is -0.751. The Morgan fingerprint density at radius 3 is 3.06 bits per heavy atom. The van der Waals surface area contributed by atoms with E-state index in [1.54, 1.807) is 6.92 Å². The second-order valence-electron chi connectivity index (χ2n) is 4.08. The molecule has 1 aromatic heterocycles. The van der Waals surface area contributed by atoms with E-state index in [1.165, 1.54) is 0 Å². The second-order valence-corrected chi connectivity index (χ2v) is 4.08. The summed E-state index contributed by atoms with van der Waals surface area (Å²) >= 11 is 0. The number of nitrogens with zero attached hydrogens (tertiary/aromatic N) is 3. The van der Waals surface area contributed by atoms with Gasteiger partial charge in [-0.2, -0.15) is 0 Å². The van der Waals surface area contributed by atoms with Crippen LogP contribution in [0.25, 0.3) is 0 Å². The van der Waals surface area contributed by atoms with Gasteiger partial charge in [-0.15, -0.1) is 10.2 Å². The highest BCUT2D eigenvalue weighted by molar-refractivity contribution is 5.67. The zero-order valence-electron chi connectivity index (χ0n) is 9.22. The summed E-state index contributed by atoms with van der Waals surface area (Å²) in [6, 6.07) is 0.102. The molecule has 1 fully saturated rings. The average molecular weight is 225 g/mol. The van der Waals surface area contributed by atoms with E-state index in [4.69, 9.17) is 9.52 Å². The molecule has 1 saturated heterocycles. The fourth-order valence-corrected chi connectivity index (χ4v) is 2.11. The summed E-state index contributed by atoms with van der Waals surface area (Å²) in [4.78, 5) is 12.8. The number of carbonyl (C=O) groups is 1. The molecule has 1 atom stereocenters. The Labute approximate surface area is 93.3 Å². The monoisotopic (exact) mass is 225 g/mol. The lowest BCUT2D eigenvalue weighted by atomic mass is 10.1. The molecule has 1 aliphatic heterocycles. The van der Waals surface area contributed by atoms with Crippen LogP contribution in [0.1, 0.15) is 31.0 Å². The Hall–Kier alpha value is -1.43. The predicted molar refractivity (Wildman–Crippen MR) is 54.7 cm³/mol. The lowest BCUT2D eigenvalue weighted by molar-refractivity contribution is -0.138. The molecule has 0 spiro atoms. The van der Waals surface area contributed by atoms with Crippen LogP contribution in [0.15, 0.2) is 4.42 Å². The van der Waals surface area contributed by atoms with Gasteiger partial charge in [0.2, 0.25) is 11.8 Å². The molecule has 0 amide bonds. The van der Waals surface area contributed by atoms with Crippen molar-refractivity contribution in [2.24, 2.45) is 0 Å². The first kappa shape index (κ1) is 11.1. The zero-order valence-corrected chi connectivity index (χ0v) is 9.22. The Bertz CT molecular complexity index is 377. The van der Waals surface area contributed by atoms with Crippen molar-refractivity contribution < 1.29 is 14.3 Å². The molecule has 6 nitrogen and oxygen atoms in total. The first-order valence-corrected chi connectivity index (χ1v) is 5.40. The molecule has 0 aliphatic carbocycles. The second kappa shape index (κ2) is 4.61. The number of likely N-dealkylation sites (tertiary alicyclic amines) is 1. The number of rotatable bonds is 4. The molecular formula is C10H15N3O3. The van der Waals surface area contributed by atoms with Crippen LogP contribution in [0.4, 0.5) is 0 Å². The van der Waals surface area contributed by atoms with Gasteiger partial charge in [0.15, 0.2) is 0 Å². The standard InChI is InChI=1S/C10H15N3O3/c1-7-11-12-9(16-7)6-13-4-2-3-8(13)5-10(14)15/h8H,2-6H2,1H3,(H,14,15). The summed E-state index contributed by atoms with van der Waals surface area (Å²) in [6.45, 7) is 3.20. The normalized spacial score (nSPS) is 21.4. The van der Waals surface area contributed by atoms with Crippen molar-refractivity contribution in [1.82, 2.24) is 15.1 Å². The lowest BCUT2D eigenvalue weighted by Gasteiger charge is -2.20. The van der Waals surface area contributed by atoms with Crippen molar-refractivity contribution in [1.29, 1.82) is 0 Å². The number of aryl methyl sites for hydroxylation is 1. The van der Waals surface area contributed by atoms with Crippen molar-refractivity contribution in [2.45, 2.75) is 38.8 Å². The molecule has 0 saturated carbocycles. The third-order valence-corrected chi connectivity index (χ3v) is 2.82. The quantitative estimate of drug-likeness (QED) is 0.817. The van der Waals surface area contributed by atoms with Crippen molar-refractivity contribution in [3.8, 4) is 0 Å². The topological polar surface area (TPSA) is 79.5 Å². The summed E-state index contributed by atoms with van der Waals surface area (Å²) in [7, 11) is 0. The molecule has 0 bridgehead atoms. The molecule has 88 valence electrons. The van der Waals surface area contributed by atoms with Gasteiger partial charge in [-0.3, -0.25) is 9.69 Å². The number of hydrogen-bond donors (Lipinski definition) is 1. The maximum atomic E-state index is 10.7. The molecule has 0 aromatic carbocycles. The van der Waals surface area contributed by atoms with Gasteiger partial charge in [-0.05, 0) is 19.4 Å². The van der Waals surface area contributed by atoms with Crippen LogP contribution in [0, 0.1) is 6.92 Å². The van der Waals surface area contributed by atoms with Gasteiger partial charge in [-0.25, -0.2) is 0 Å². The van der Waals surface area contributed by atoms with E-state index in [-0.39, 0.29) is 12.5 Å². The smallest absolute Gasteiger partial charge is 0.304 e. The maximum Gasteiger partial charge on any atom is 0.304 e. The molecule has 2 rings (SSSR count). The number of carboxylic acids is 1.